The Bertz CT molecular complexity index is 1270. The number of aliphatic hydroxyl groups is 1. The zero-order valence-electron chi connectivity index (χ0n) is 19.0. The monoisotopic (exact) mass is 486 g/mol. The van der Waals surface area contributed by atoms with Gasteiger partial charge in [0.1, 0.15) is 23.9 Å². The third-order valence-corrected chi connectivity index (χ3v) is 5.81. The summed E-state index contributed by atoms with van der Waals surface area (Å²) in [5.74, 6) is 1.11. The van der Waals surface area contributed by atoms with Crippen LogP contribution in [-0.2, 0) is 24.9 Å². The van der Waals surface area contributed by atoms with Crippen LogP contribution in [0.5, 0.6) is 5.75 Å². The Kier molecular flexibility index (Phi) is 7.26. The van der Waals surface area contributed by atoms with Crippen molar-refractivity contribution in [3.8, 4) is 5.75 Å². The molecule has 1 unspecified atom stereocenters. The Labute approximate surface area is 201 Å². The summed E-state index contributed by atoms with van der Waals surface area (Å²) >= 11 is 6.02. The average Bonchev–Trinajstić information content (AvgIpc) is 3.18. The number of fused-ring (bicyclic) bond motifs is 1. The number of anilines is 2. The summed E-state index contributed by atoms with van der Waals surface area (Å²) < 4.78 is 14.2. The molecular weight excluding hydrogens is 460 g/mol. The van der Waals surface area contributed by atoms with Crippen LogP contribution in [0.15, 0.2) is 58.1 Å². The highest BCUT2D eigenvalue weighted by Crippen LogP contribution is 2.32. The van der Waals surface area contributed by atoms with Gasteiger partial charge in [-0.15, -0.1) is 0 Å². The van der Waals surface area contributed by atoms with Crippen molar-refractivity contribution in [1.29, 1.82) is 0 Å². The van der Waals surface area contributed by atoms with Crippen LogP contribution in [0, 0.1) is 6.92 Å². The Hall–Kier alpha value is -3.27. The lowest BCUT2D eigenvalue weighted by Crippen LogP contribution is -2.43. The number of rotatable bonds is 9. The SMILES string of the molecule is Cc1cccc(OCCOC2Nc3c(c(=O)n(CCO)c(=O)n3C)N2Cc2ccc(Cl)cc2)c1. The van der Waals surface area contributed by atoms with E-state index in [1.165, 1.54) is 4.57 Å². The molecule has 2 N–H and O–H groups in total. The highest BCUT2D eigenvalue weighted by Gasteiger charge is 2.35. The molecule has 0 spiro atoms. The lowest BCUT2D eigenvalue weighted by molar-refractivity contribution is 0.0500. The van der Waals surface area contributed by atoms with Crippen LogP contribution in [0.4, 0.5) is 11.5 Å². The molecule has 3 aromatic rings. The van der Waals surface area contributed by atoms with Gasteiger partial charge in [-0.2, -0.15) is 0 Å². The van der Waals surface area contributed by atoms with Crippen LogP contribution in [-0.4, -0.2) is 40.4 Å². The molecule has 0 saturated heterocycles. The normalized spacial score (nSPS) is 14.7. The first-order chi connectivity index (χ1) is 16.4. The molecule has 0 saturated carbocycles. The standard InChI is InChI=1S/C24H27ClN4O5/c1-16-4-3-5-19(14-16)33-12-13-34-23-26-21-20(22(31)28(10-11-30)24(32)27(21)2)29(23)15-17-6-8-18(25)9-7-17/h3-9,14,23,26,30H,10-13,15H2,1-2H3. The molecule has 1 aliphatic heterocycles. The van der Waals surface area contributed by atoms with E-state index < -0.39 is 17.6 Å². The maximum absolute atomic E-state index is 13.2. The van der Waals surface area contributed by atoms with Crippen molar-refractivity contribution in [2.75, 3.05) is 30.0 Å². The second-order valence-corrected chi connectivity index (χ2v) is 8.44. The molecule has 180 valence electrons. The van der Waals surface area contributed by atoms with E-state index in [0.29, 0.717) is 29.7 Å². The predicted molar refractivity (Wildman–Crippen MR) is 131 cm³/mol. The molecule has 9 nitrogen and oxygen atoms in total. The summed E-state index contributed by atoms with van der Waals surface area (Å²) in [6.07, 6.45) is -0.699. The molecule has 34 heavy (non-hydrogen) atoms. The number of benzene rings is 2. The number of hydrogen-bond acceptors (Lipinski definition) is 7. The van der Waals surface area contributed by atoms with Crippen molar-refractivity contribution in [2.45, 2.75) is 26.4 Å². The summed E-state index contributed by atoms with van der Waals surface area (Å²) in [7, 11) is 1.57. The van der Waals surface area contributed by atoms with E-state index in [2.05, 4.69) is 5.32 Å². The Morgan fingerprint density at radius 3 is 2.59 bits per heavy atom. The van der Waals surface area contributed by atoms with E-state index in [0.717, 1.165) is 21.4 Å². The number of aromatic nitrogens is 2. The minimum absolute atomic E-state index is 0.0938. The highest BCUT2D eigenvalue weighted by molar-refractivity contribution is 6.30. The van der Waals surface area contributed by atoms with Gasteiger partial charge in [0, 0.05) is 18.6 Å². The molecule has 0 fully saturated rings. The van der Waals surface area contributed by atoms with Crippen LogP contribution in [0.25, 0.3) is 0 Å². The predicted octanol–water partition coefficient (Wildman–Crippen LogP) is 2.31. The Morgan fingerprint density at radius 1 is 1.12 bits per heavy atom. The lowest BCUT2D eigenvalue weighted by atomic mass is 10.2. The molecule has 2 aromatic carbocycles. The van der Waals surface area contributed by atoms with Gasteiger partial charge >= 0.3 is 5.69 Å². The molecule has 0 aliphatic carbocycles. The zero-order chi connectivity index (χ0) is 24.2. The quantitative estimate of drug-likeness (QED) is 0.448. The van der Waals surface area contributed by atoms with E-state index in [1.807, 2.05) is 43.3 Å². The third kappa shape index (κ3) is 4.96. The molecule has 0 amide bonds. The minimum atomic E-state index is -0.699. The Morgan fingerprint density at radius 2 is 1.88 bits per heavy atom. The van der Waals surface area contributed by atoms with E-state index in [9.17, 15) is 14.7 Å². The van der Waals surface area contributed by atoms with Gasteiger partial charge in [-0.3, -0.25) is 13.9 Å². The van der Waals surface area contributed by atoms with Gasteiger partial charge in [-0.1, -0.05) is 35.9 Å². The summed E-state index contributed by atoms with van der Waals surface area (Å²) in [4.78, 5) is 27.7. The fraction of sp³-hybridized carbons (Fsp3) is 0.333. The highest BCUT2D eigenvalue weighted by atomic mass is 35.5. The molecule has 2 heterocycles. The number of nitrogens with one attached hydrogen (secondary N) is 1. The maximum Gasteiger partial charge on any atom is 0.332 e. The first-order valence-electron chi connectivity index (χ1n) is 10.9. The van der Waals surface area contributed by atoms with Crippen LogP contribution < -0.4 is 26.2 Å². The average molecular weight is 487 g/mol. The van der Waals surface area contributed by atoms with Crippen molar-refractivity contribution in [1.82, 2.24) is 9.13 Å². The van der Waals surface area contributed by atoms with Gasteiger partial charge in [0.15, 0.2) is 0 Å². The molecule has 1 aliphatic rings. The van der Waals surface area contributed by atoms with Crippen molar-refractivity contribution in [3.63, 3.8) is 0 Å². The van der Waals surface area contributed by atoms with Crippen LogP contribution in [0.2, 0.25) is 5.02 Å². The smallest absolute Gasteiger partial charge is 0.332 e. The van der Waals surface area contributed by atoms with Crippen LogP contribution in [0.1, 0.15) is 11.1 Å². The van der Waals surface area contributed by atoms with E-state index in [4.69, 9.17) is 21.1 Å². The fourth-order valence-electron chi connectivity index (χ4n) is 3.89. The van der Waals surface area contributed by atoms with Gasteiger partial charge in [-0.25, -0.2) is 4.79 Å². The fourth-order valence-corrected chi connectivity index (χ4v) is 4.02. The number of aliphatic hydroxyl groups excluding tert-OH is 1. The topological polar surface area (TPSA) is 98.0 Å². The first-order valence-corrected chi connectivity index (χ1v) is 11.3. The van der Waals surface area contributed by atoms with Crippen molar-refractivity contribution in [3.05, 3.63) is 85.5 Å². The third-order valence-electron chi connectivity index (χ3n) is 5.56. The number of nitrogens with zero attached hydrogens (tertiary/aromatic N) is 3. The summed E-state index contributed by atoms with van der Waals surface area (Å²) in [5.41, 5.74) is 1.30. The lowest BCUT2D eigenvalue weighted by Gasteiger charge is -2.26. The number of halogens is 1. The van der Waals surface area contributed by atoms with Crippen molar-refractivity contribution < 1.29 is 14.6 Å². The van der Waals surface area contributed by atoms with Gasteiger partial charge in [-0.05, 0) is 42.3 Å². The van der Waals surface area contributed by atoms with Crippen molar-refractivity contribution in [2.24, 2.45) is 7.05 Å². The molecule has 1 atom stereocenters. The number of aryl methyl sites for hydroxylation is 1. The zero-order valence-corrected chi connectivity index (χ0v) is 19.8. The molecular formula is C24H27ClN4O5. The van der Waals surface area contributed by atoms with E-state index in [1.54, 1.807) is 24.1 Å². The summed E-state index contributed by atoms with van der Waals surface area (Å²) in [6.45, 7) is 2.47. The molecule has 0 radical (unpaired) electrons. The molecule has 4 rings (SSSR count). The largest absolute Gasteiger partial charge is 0.491 e. The number of hydrogen-bond donors (Lipinski definition) is 2. The van der Waals surface area contributed by atoms with Gasteiger partial charge in [0.05, 0.1) is 19.8 Å². The van der Waals surface area contributed by atoms with E-state index in [-0.39, 0.29) is 19.8 Å². The summed E-state index contributed by atoms with van der Waals surface area (Å²) in [5, 5.41) is 13.1. The van der Waals surface area contributed by atoms with Gasteiger partial charge < -0.3 is 24.8 Å². The van der Waals surface area contributed by atoms with Gasteiger partial charge in [0.2, 0.25) is 6.35 Å². The second-order valence-electron chi connectivity index (χ2n) is 8.01. The summed E-state index contributed by atoms with van der Waals surface area (Å²) in [6, 6.07) is 15.0. The van der Waals surface area contributed by atoms with Crippen LogP contribution in [0.3, 0.4) is 0 Å². The van der Waals surface area contributed by atoms with Gasteiger partial charge in [0.25, 0.3) is 5.56 Å². The maximum atomic E-state index is 13.2. The first kappa shape index (κ1) is 23.9. The molecule has 1 aromatic heterocycles. The van der Waals surface area contributed by atoms with E-state index >= 15 is 0 Å². The Balaban J connectivity index is 1.58. The number of ether oxygens (including phenoxy) is 2. The minimum Gasteiger partial charge on any atom is -0.491 e. The molecule has 0 bridgehead atoms. The van der Waals surface area contributed by atoms with Crippen molar-refractivity contribution >= 4 is 23.1 Å². The van der Waals surface area contributed by atoms with Crippen LogP contribution >= 0.6 is 11.6 Å². The second kappa shape index (κ2) is 10.3. The molecule has 10 heteroatoms.